The molecular weight excluding hydrogens is 266 g/mol. The maximum atomic E-state index is 12.0. The minimum atomic E-state index is -0.863. The van der Waals surface area contributed by atoms with Crippen LogP contribution < -0.4 is 5.32 Å². The normalized spacial score (nSPS) is 11.5. The summed E-state index contributed by atoms with van der Waals surface area (Å²) in [5.41, 5.74) is 2.15. The summed E-state index contributed by atoms with van der Waals surface area (Å²) >= 11 is 0. The van der Waals surface area contributed by atoms with Crippen molar-refractivity contribution in [2.75, 3.05) is 5.32 Å². The van der Waals surface area contributed by atoms with Crippen LogP contribution in [0.2, 0.25) is 0 Å². The first-order valence-electron chi connectivity index (χ1n) is 6.70. The highest BCUT2D eigenvalue weighted by Gasteiger charge is 2.18. The SMILES string of the molecule is Cc1cccc(NC(=O)[C@@H](C)OC(=O)c2ccccc2)c1. The molecule has 0 unspecified atom stereocenters. The van der Waals surface area contributed by atoms with Crippen molar-refractivity contribution in [1.82, 2.24) is 0 Å². The van der Waals surface area contributed by atoms with E-state index >= 15 is 0 Å². The largest absolute Gasteiger partial charge is 0.449 e. The number of hydrogen-bond donors (Lipinski definition) is 1. The van der Waals surface area contributed by atoms with Crippen molar-refractivity contribution in [3.8, 4) is 0 Å². The third-order valence-corrected chi connectivity index (χ3v) is 2.95. The van der Waals surface area contributed by atoms with E-state index < -0.39 is 12.1 Å². The van der Waals surface area contributed by atoms with E-state index in [1.807, 2.05) is 31.2 Å². The Labute approximate surface area is 123 Å². The molecule has 2 aromatic rings. The summed E-state index contributed by atoms with van der Waals surface area (Å²) in [6.45, 7) is 3.49. The van der Waals surface area contributed by atoms with E-state index in [9.17, 15) is 9.59 Å². The third-order valence-electron chi connectivity index (χ3n) is 2.95. The zero-order chi connectivity index (χ0) is 15.2. The first kappa shape index (κ1) is 14.8. The number of amides is 1. The average molecular weight is 283 g/mol. The maximum absolute atomic E-state index is 12.0. The van der Waals surface area contributed by atoms with Crippen molar-refractivity contribution >= 4 is 17.6 Å². The molecule has 4 nitrogen and oxygen atoms in total. The molecular formula is C17H17NO3. The van der Waals surface area contributed by atoms with E-state index in [4.69, 9.17) is 4.74 Å². The number of rotatable bonds is 4. The Morgan fingerprint density at radius 1 is 1.05 bits per heavy atom. The maximum Gasteiger partial charge on any atom is 0.338 e. The molecule has 0 aliphatic heterocycles. The fraction of sp³-hybridized carbons (Fsp3) is 0.176. The number of benzene rings is 2. The predicted octanol–water partition coefficient (Wildman–Crippen LogP) is 3.18. The van der Waals surface area contributed by atoms with Gasteiger partial charge in [-0.1, -0.05) is 30.3 Å². The number of aryl methyl sites for hydroxylation is 1. The molecule has 0 aliphatic rings. The number of anilines is 1. The van der Waals surface area contributed by atoms with Crippen molar-refractivity contribution in [3.63, 3.8) is 0 Å². The molecule has 0 spiro atoms. The van der Waals surface area contributed by atoms with Crippen molar-refractivity contribution in [3.05, 3.63) is 65.7 Å². The molecule has 21 heavy (non-hydrogen) atoms. The molecule has 0 aliphatic carbocycles. The van der Waals surface area contributed by atoms with Gasteiger partial charge in [0.2, 0.25) is 0 Å². The van der Waals surface area contributed by atoms with Crippen LogP contribution in [0.5, 0.6) is 0 Å². The molecule has 2 rings (SSSR count). The minimum absolute atomic E-state index is 0.357. The van der Waals surface area contributed by atoms with Crippen LogP contribution in [0.25, 0.3) is 0 Å². The first-order chi connectivity index (χ1) is 10.1. The molecule has 0 radical (unpaired) electrons. The van der Waals surface area contributed by atoms with E-state index in [0.717, 1.165) is 5.56 Å². The molecule has 0 saturated carbocycles. The lowest BCUT2D eigenvalue weighted by Crippen LogP contribution is -2.30. The van der Waals surface area contributed by atoms with Crippen molar-refractivity contribution in [2.24, 2.45) is 0 Å². The van der Waals surface area contributed by atoms with Crippen LogP contribution >= 0.6 is 0 Å². The number of carbonyl (C=O) groups excluding carboxylic acids is 2. The first-order valence-corrected chi connectivity index (χ1v) is 6.70. The van der Waals surface area contributed by atoms with Crippen LogP contribution in [0, 0.1) is 6.92 Å². The Morgan fingerprint density at radius 3 is 2.43 bits per heavy atom. The Hall–Kier alpha value is -2.62. The Balaban J connectivity index is 1.95. The minimum Gasteiger partial charge on any atom is -0.449 e. The van der Waals surface area contributed by atoms with Crippen LogP contribution in [0.4, 0.5) is 5.69 Å². The molecule has 4 heteroatoms. The Kier molecular flexibility index (Phi) is 4.72. The van der Waals surface area contributed by atoms with E-state index in [1.54, 1.807) is 37.3 Å². The van der Waals surface area contributed by atoms with Crippen LogP contribution in [0.15, 0.2) is 54.6 Å². The molecule has 1 atom stereocenters. The van der Waals surface area contributed by atoms with E-state index in [0.29, 0.717) is 11.3 Å². The Morgan fingerprint density at radius 2 is 1.76 bits per heavy atom. The molecule has 0 fully saturated rings. The van der Waals surface area contributed by atoms with Crippen molar-refractivity contribution in [2.45, 2.75) is 20.0 Å². The van der Waals surface area contributed by atoms with Gasteiger partial charge in [0.25, 0.3) is 5.91 Å². The zero-order valence-corrected chi connectivity index (χ0v) is 12.0. The molecule has 108 valence electrons. The molecule has 0 bridgehead atoms. The second-order valence-electron chi connectivity index (χ2n) is 4.77. The van der Waals surface area contributed by atoms with Gasteiger partial charge in [0.05, 0.1) is 5.56 Å². The molecule has 0 aromatic heterocycles. The summed E-state index contributed by atoms with van der Waals surface area (Å²) in [5.74, 6) is -0.868. The number of ether oxygens (including phenoxy) is 1. The van der Waals surface area contributed by atoms with E-state index in [2.05, 4.69) is 5.32 Å². The molecule has 0 saturated heterocycles. The molecule has 2 aromatic carbocycles. The van der Waals surface area contributed by atoms with Gasteiger partial charge in [-0.05, 0) is 43.7 Å². The lowest BCUT2D eigenvalue weighted by Gasteiger charge is -2.13. The highest BCUT2D eigenvalue weighted by Crippen LogP contribution is 2.11. The number of carbonyl (C=O) groups is 2. The van der Waals surface area contributed by atoms with Crippen LogP contribution in [-0.2, 0) is 9.53 Å². The number of esters is 1. The third kappa shape index (κ3) is 4.18. The second kappa shape index (κ2) is 6.70. The lowest BCUT2D eigenvalue weighted by molar-refractivity contribution is -0.123. The number of hydrogen-bond acceptors (Lipinski definition) is 3. The summed E-state index contributed by atoms with van der Waals surface area (Å²) in [6, 6.07) is 16.0. The molecule has 1 N–H and O–H groups in total. The Bertz CT molecular complexity index is 637. The highest BCUT2D eigenvalue weighted by atomic mass is 16.5. The van der Waals surface area contributed by atoms with Crippen molar-refractivity contribution in [1.29, 1.82) is 0 Å². The number of nitrogens with one attached hydrogen (secondary N) is 1. The van der Waals surface area contributed by atoms with Crippen LogP contribution in [0.3, 0.4) is 0 Å². The van der Waals surface area contributed by atoms with E-state index in [1.165, 1.54) is 0 Å². The summed E-state index contributed by atoms with van der Waals surface area (Å²) in [6.07, 6.45) is -0.863. The van der Waals surface area contributed by atoms with E-state index in [-0.39, 0.29) is 5.91 Å². The summed E-state index contributed by atoms with van der Waals surface area (Å²) in [4.78, 5) is 23.9. The smallest absolute Gasteiger partial charge is 0.338 e. The second-order valence-corrected chi connectivity index (χ2v) is 4.77. The monoisotopic (exact) mass is 283 g/mol. The van der Waals surface area contributed by atoms with Crippen molar-refractivity contribution < 1.29 is 14.3 Å². The topological polar surface area (TPSA) is 55.4 Å². The fourth-order valence-electron chi connectivity index (χ4n) is 1.82. The van der Waals surface area contributed by atoms with Gasteiger partial charge in [0.1, 0.15) is 0 Å². The fourth-order valence-corrected chi connectivity index (χ4v) is 1.82. The van der Waals surface area contributed by atoms with Gasteiger partial charge in [-0.2, -0.15) is 0 Å². The van der Waals surface area contributed by atoms with Crippen LogP contribution in [-0.4, -0.2) is 18.0 Å². The predicted molar refractivity (Wildman–Crippen MR) is 81.1 cm³/mol. The van der Waals surface area contributed by atoms with Gasteiger partial charge < -0.3 is 10.1 Å². The average Bonchev–Trinajstić information content (AvgIpc) is 2.48. The summed E-state index contributed by atoms with van der Waals surface area (Å²) in [7, 11) is 0. The van der Waals surface area contributed by atoms with Crippen LogP contribution in [0.1, 0.15) is 22.8 Å². The summed E-state index contributed by atoms with van der Waals surface area (Å²) < 4.78 is 5.15. The summed E-state index contributed by atoms with van der Waals surface area (Å²) in [5, 5.41) is 2.72. The highest BCUT2D eigenvalue weighted by molar-refractivity contribution is 5.97. The van der Waals surface area contributed by atoms with Gasteiger partial charge in [-0.15, -0.1) is 0 Å². The van der Waals surface area contributed by atoms with Gasteiger partial charge in [-0.25, -0.2) is 4.79 Å². The molecule has 1 amide bonds. The van der Waals surface area contributed by atoms with Gasteiger partial charge in [0.15, 0.2) is 6.10 Å². The quantitative estimate of drug-likeness (QED) is 0.877. The molecule has 0 heterocycles. The van der Waals surface area contributed by atoms with Gasteiger partial charge in [0, 0.05) is 5.69 Å². The standard InChI is InChI=1S/C17H17NO3/c1-12-7-6-10-15(11-12)18-16(19)13(2)21-17(20)14-8-4-3-5-9-14/h3-11,13H,1-2H3,(H,18,19)/t13-/m1/s1. The lowest BCUT2D eigenvalue weighted by atomic mass is 10.2. The van der Waals surface area contributed by atoms with Gasteiger partial charge in [-0.3, -0.25) is 4.79 Å². The van der Waals surface area contributed by atoms with Gasteiger partial charge >= 0.3 is 5.97 Å². The zero-order valence-electron chi connectivity index (χ0n) is 12.0.